The van der Waals surface area contributed by atoms with Crippen LogP contribution < -0.4 is 4.74 Å². The van der Waals surface area contributed by atoms with Gasteiger partial charge in [-0.25, -0.2) is 4.98 Å². The Morgan fingerprint density at radius 1 is 1.18 bits per heavy atom. The molecule has 2 aromatic carbocycles. The number of fused-ring (bicyclic) bond motifs is 1. The Kier molecular flexibility index (Phi) is 4.41. The number of rotatable bonds is 4. The highest BCUT2D eigenvalue weighted by Crippen LogP contribution is 2.25. The van der Waals surface area contributed by atoms with Crippen LogP contribution >= 0.6 is 27.5 Å². The molecule has 5 heteroatoms. The van der Waals surface area contributed by atoms with E-state index in [1.54, 1.807) is 6.07 Å². The van der Waals surface area contributed by atoms with Crippen LogP contribution in [0.15, 0.2) is 53.0 Å². The first-order valence-electron chi connectivity index (χ1n) is 6.59. The molecule has 0 aliphatic carbocycles. The summed E-state index contributed by atoms with van der Waals surface area (Å²) in [6.45, 7) is 0.453. The molecule has 3 aromatic rings. The summed E-state index contributed by atoms with van der Waals surface area (Å²) in [6, 6.07) is 15.1. The first-order valence-corrected chi connectivity index (χ1v) is 7.76. The largest absolute Gasteiger partial charge is 0.489 e. The van der Waals surface area contributed by atoms with Crippen molar-refractivity contribution in [2.24, 2.45) is 0 Å². The fourth-order valence-electron chi connectivity index (χ4n) is 2.10. The number of carbonyl (C=O) groups excluding carboxylic acids is 1. The molecule has 3 rings (SSSR count). The number of hydrogen-bond acceptors (Lipinski definition) is 3. The van der Waals surface area contributed by atoms with Gasteiger partial charge in [0.1, 0.15) is 17.5 Å². The molecule has 0 spiro atoms. The second kappa shape index (κ2) is 6.46. The minimum Gasteiger partial charge on any atom is -0.489 e. The molecule has 0 saturated carbocycles. The number of ether oxygens (including phenoxy) is 1. The van der Waals surface area contributed by atoms with Crippen molar-refractivity contribution in [3.05, 3.63) is 69.3 Å². The van der Waals surface area contributed by atoms with Crippen molar-refractivity contribution in [3.8, 4) is 5.75 Å². The minimum atomic E-state index is 0.212. The van der Waals surface area contributed by atoms with Crippen molar-refractivity contribution >= 4 is 44.7 Å². The smallest absolute Gasteiger partial charge is 0.153 e. The van der Waals surface area contributed by atoms with Crippen molar-refractivity contribution in [3.63, 3.8) is 0 Å². The monoisotopic (exact) mass is 375 g/mol. The topological polar surface area (TPSA) is 39.2 Å². The molecule has 1 heterocycles. The van der Waals surface area contributed by atoms with Gasteiger partial charge in [-0.05, 0) is 30.3 Å². The van der Waals surface area contributed by atoms with Gasteiger partial charge in [-0.2, -0.15) is 0 Å². The SMILES string of the molecule is O=Cc1cc2cc(OCc3ccccc3Br)ccc2nc1Cl. The zero-order valence-electron chi connectivity index (χ0n) is 11.4. The van der Waals surface area contributed by atoms with Gasteiger partial charge >= 0.3 is 0 Å². The van der Waals surface area contributed by atoms with Crippen LogP contribution in [0.3, 0.4) is 0 Å². The third kappa shape index (κ3) is 3.13. The average Bonchev–Trinajstić information content (AvgIpc) is 2.53. The number of halogens is 2. The zero-order valence-corrected chi connectivity index (χ0v) is 13.8. The number of hydrogen-bond donors (Lipinski definition) is 0. The number of nitrogens with zero attached hydrogens (tertiary/aromatic N) is 1. The molecule has 0 N–H and O–H groups in total. The summed E-state index contributed by atoms with van der Waals surface area (Å²) in [6.07, 6.45) is 0.698. The van der Waals surface area contributed by atoms with Crippen molar-refractivity contribution in [2.45, 2.75) is 6.61 Å². The number of aldehydes is 1. The number of pyridine rings is 1. The lowest BCUT2D eigenvalue weighted by atomic mass is 10.1. The van der Waals surface area contributed by atoms with E-state index in [2.05, 4.69) is 20.9 Å². The summed E-state index contributed by atoms with van der Waals surface area (Å²) in [5.74, 6) is 0.712. The van der Waals surface area contributed by atoms with Crippen LogP contribution in [-0.4, -0.2) is 11.3 Å². The number of benzene rings is 2. The first kappa shape index (κ1) is 15.0. The molecule has 0 aliphatic rings. The number of aromatic nitrogens is 1. The molecule has 0 radical (unpaired) electrons. The Labute approximate surface area is 141 Å². The first-order chi connectivity index (χ1) is 10.7. The van der Waals surface area contributed by atoms with Crippen molar-refractivity contribution in [2.75, 3.05) is 0 Å². The molecule has 1 aromatic heterocycles. The van der Waals surface area contributed by atoms with E-state index >= 15 is 0 Å². The summed E-state index contributed by atoms with van der Waals surface area (Å²) in [4.78, 5) is 15.1. The maximum Gasteiger partial charge on any atom is 0.153 e. The molecule has 3 nitrogen and oxygen atoms in total. The molecule has 0 saturated heterocycles. The summed E-state index contributed by atoms with van der Waals surface area (Å²) in [7, 11) is 0. The van der Waals surface area contributed by atoms with Crippen LogP contribution in [-0.2, 0) is 6.61 Å². The molecule has 0 amide bonds. The molecule has 0 bridgehead atoms. The lowest BCUT2D eigenvalue weighted by molar-refractivity contribution is 0.112. The van der Waals surface area contributed by atoms with E-state index in [1.807, 2.05) is 42.5 Å². The van der Waals surface area contributed by atoms with E-state index in [-0.39, 0.29) is 5.15 Å². The van der Waals surface area contributed by atoms with Gasteiger partial charge in [0.25, 0.3) is 0 Å². The van der Waals surface area contributed by atoms with E-state index in [0.717, 1.165) is 20.9 Å². The minimum absolute atomic E-state index is 0.212. The summed E-state index contributed by atoms with van der Waals surface area (Å²) < 4.78 is 6.81. The van der Waals surface area contributed by atoms with Gasteiger partial charge in [-0.1, -0.05) is 45.7 Å². The molecule has 0 atom stereocenters. The Balaban J connectivity index is 1.87. The van der Waals surface area contributed by atoms with Crippen LogP contribution in [0.2, 0.25) is 5.15 Å². The van der Waals surface area contributed by atoms with Crippen LogP contribution in [0, 0.1) is 0 Å². The summed E-state index contributed by atoms with van der Waals surface area (Å²) >= 11 is 9.42. The van der Waals surface area contributed by atoms with Gasteiger partial charge in [0.15, 0.2) is 6.29 Å². The van der Waals surface area contributed by atoms with Gasteiger partial charge < -0.3 is 4.74 Å². The van der Waals surface area contributed by atoms with Gasteiger partial charge in [-0.15, -0.1) is 0 Å². The maximum atomic E-state index is 10.9. The van der Waals surface area contributed by atoms with Crippen molar-refractivity contribution in [1.29, 1.82) is 0 Å². The Bertz CT molecular complexity index is 851. The molecular formula is C17H11BrClNO2. The van der Waals surface area contributed by atoms with Gasteiger partial charge in [0, 0.05) is 15.4 Å². The van der Waals surface area contributed by atoms with Crippen LogP contribution in [0.4, 0.5) is 0 Å². The second-order valence-electron chi connectivity index (χ2n) is 4.72. The third-order valence-corrected chi connectivity index (χ3v) is 4.32. The lowest BCUT2D eigenvalue weighted by Crippen LogP contribution is -1.96. The van der Waals surface area contributed by atoms with E-state index in [9.17, 15) is 4.79 Å². The van der Waals surface area contributed by atoms with Gasteiger partial charge in [-0.3, -0.25) is 4.79 Å². The fourth-order valence-corrected chi connectivity index (χ4v) is 2.69. The Hall–Kier alpha value is -1.91. The molecule has 0 unspecified atom stereocenters. The molecule has 0 fully saturated rings. The van der Waals surface area contributed by atoms with Crippen molar-refractivity contribution < 1.29 is 9.53 Å². The Morgan fingerprint density at radius 3 is 2.77 bits per heavy atom. The fraction of sp³-hybridized carbons (Fsp3) is 0.0588. The maximum absolute atomic E-state index is 10.9. The third-order valence-electron chi connectivity index (χ3n) is 3.25. The highest BCUT2D eigenvalue weighted by Gasteiger charge is 2.06. The molecular weight excluding hydrogens is 366 g/mol. The highest BCUT2D eigenvalue weighted by atomic mass is 79.9. The number of carbonyl (C=O) groups is 1. The Morgan fingerprint density at radius 2 is 2.00 bits per heavy atom. The van der Waals surface area contributed by atoms with Crippen LogP contribution in [0.5, 0.6) is 5.75 Å². The normalized spacial score (nSPS) is 10.6. The predicted octanol–water partition coefficient (Wildman–Crippen LogP) is 5.04. The van der Waals surface area contributed by atoms with Gasteiger partial charge in [0.2, 0.25) is 0 Å². The summed E-state index contributed by atoms with van der Waals surface area (Å²) in [5, 5.41) is 1.03. The quantitative estimate of drug-likeness (QED) is 0.473. The van der Waals surface area contributed by atoms with Crippen LogP contribution in [0.1, 0.15) is 15.9 Å². The van der Waals surface area contributed by atoms with Crippen molar-refractivity contribution in [1.82, 2.24) is 4.98 Å². The molecule has 22 heavy (non-hydrogen) atoms. The summed E-state index contributed by atoms with van der Waals surface area (Å²) in [5.41, 5.74) is 2.16. The van der Waals surface area contributed by atoms with E-state index in [4.69, 9.17) is 16.3 Å². The van der Waals surface area contributed by atoms with Crippen LogP contribution in [0.25, 0.3) is 10.9 Å². The lowest BCUT2D eigenvalue weighted by Gasteiger charge is -2.09. The standard InChI is InChI=1S/C17H11BrClNO2/c18-15-4-2-1-3-11(15)10-22-14-5-6-16-12(8-14)7-13(9-21)17(19)20-16/h1-9H,10H2. The van der Waals surface area contributed by atoms with E-state index in [1.165, 1.54) is 0 Å². The molecule has 110 valence electrons. The zero-order chi connectivity index (χ0) is 15.5. The van der Waals surface area contributed by atoms with E-state index < -0.39 is 0 Å². The molecule has 0 aliphatic heterocycles. The highest BCUT2D eigenvalue weighted by molar-refractivity contribution is 9.10. The predicted molar refractivity (Wildman–Crippen MR) is 90.6 cm³/mol. The van der Waals surface area contributed by atoms with Gasteiger partial charge in [0.05, 0.1) is 11.1 Å². The van der Waals surface area contributed by atoms with E-state index in [0.29, 0.717) is 24.2 Å². The second-order valence-corrected chi connectivity index (χ2v) is 5.93. The average molecular weight is 377 g/mol.